The Labute approximate surface area is 103 Å². The van der Waals surface area contributed by atoms with Crippen LogP contribution in [0.25, 0.3) is 0 Å². The van der Waals surface area contributed by atoms with E-state index in [9.17, 15) is 0 Å². The molecule has 96 valence electrons. The maximum absolute atomic E-state index is 5.89. The molecule has 0 radical (unpaired) electrons. The quantitative estimate of drug-likeness (QED) is 0.807. The van der Waals surface area contributed by atoms with Gasteiger partial charge in [-0.05, 0) is 14.0 Å². The lowest BCUT2D eigenvalue weighted by atomic mass is 10.1. The van der Waals surface area contributed by atoms with Crippen LogP contribution in [0.4, 0.5) is 0 Å². The number of piperazine rings is 1. The Balaban J connectivity index is 2.09. The van der Waals surface area contributed by atoms with E-state index in [1.165, 1.54) is 5.56 Å². The van der Waals surface area contributed by atoms with Gasteiger partial charge < -0.3 is 10.6 Å². The zero-order valence-electron chi connectivity index (χ0n) is 11.0. The number of nitrogens with two attached hydrogens (primary N) is 1. The van der Waals surface area contributed by atoms with Gasteiger partial charge >= 0.3 is 0 Å². The molecule has 2 atom stereocenters. The van der Waals surface area contributed by atoms with Crippen molar-refractivity contribution in [3.63, 3.8) is 0 Å². The third-order valence-corrected chi connectivity index (χ3v) is 3.71. The fraction of sp³-hybridized carbons (Fsp3) is 0.750. The maximum atomic E-state index is 5.89. The molecule has 0 saturated carbocycles. The second-order valence-corrected chi connectivity index (χ2v) is 5.01. The van der Waals surface area contributed by atoms with Crippen molar-refractivity contribution in [3.05, 3.63) is 18.0 Å². The number of aryl methyl sites for hydroxylation is 1. The zero-order chi connectivity index (χ0) is 12.4. The van der Waals surface area contributed by atoms with Crippen molar-refractivity contribution in [2.75, 3.05) is 33.2 Å². The molecule has 1 aliphatic rings. The molecule has 2 unspecified atom stereocenters. The average molecular weight is 237 g/mol. The van der Waals surface area contributed by atoms with Gasteiger partial charge in [-0.15, -0.1) is 0 Å². The molecule has 1 fully saturated rings. The summed E-state index contributed by atoms with van der Waals surface area (Å²) in [6, 6.07) is 0.843. The minimum absolute atomic E-state index is 0.394. The molecule has 1 aromatic heterocycles. The number of hydrogen-bond acceptors (Lipinski definition) is 4. The molecule has 0 spiro atoms. The van der Waals surface area contributed by atoms with E-state index >= 15 is 0 Å². The highest BCUT2D eigenvalue weighted by atomic mass is 15.3. The highest BCUT2D eigenvalue weighted by Gasteiger charge is 2.28. The van der Waals surface area contributed by atoms with Gasteiger partial charge in [0.15, 0.2) is 0 Å². The van der Waals surface area contributed by atoms with Gasteiger partial charge in [-0.3, -0.25) is 9.58 Å². The van der Waals surface area contributed by atoms with Gasteiger partial charge in [-0.25, -0.2) is 0 Å². The van der Waals surface area contributed by atoms with Crippen LogP contribution in [-0.4, -0.2) is 58.8 Å². The van der Waals surface area contributed by atoms with Crippen molar-refractivity contribution < 1.29 is 0 Å². The number of hydrogen-bond donors (Lipinski definition) is 1. The Hall–Kier alpha value is -0.910. The molecule has 0 aliphatic carbocycles. The monoisotopic (exact) mass is 237 g/mol. The first-order valence-electron chi connectivity index (χ1n) is 6.24. The van der Waals surface area contributed by atoms with Gasteiger partial charge in [0.2, 0.25) is 0 Å². The van der Waals surface area contributed by atoms with E-state index in [4.69, 9.17) is 5.73 Å². The molecule has 2 heterocycles. The smallest absolute Gasteiger partial charge is 0.0537 e. The van der Waals surface area contributed by atoms with Crippen molar-refractivity contribution in [3.8, 4) is 0 Å². The molecule has 0 aromatic carbocycles. The van der Waals surface area contributed by atoms with E-state index in [-0.39, 0.29) is 0 Å². The second-order valence-electron chi connectivity index (χ2n) is 5.01. The first kappa shape index (κ1) is 12.5. The lowest BCUT2D eigenvalue weighted by Crippen LogP contribution is -2.55. The summed E-state index contributed by atoms with van der Waals surface area (Å²) in [4.78, 5) is 4.85. The van der Waals surface area contributed by atoms with Crippen LogP contribution < -0.4 is 5.73 Å². The molecule has 0 bridgehead atoms. The first-order chi connectivity index (χ1) is 8.11. The van der Waals surface area contributed by atoms with E-state index in [1.807, 2.05) is 17.9 Å². The molecule has 5 heteroatoms. The first-order valence-corrected chi connectivity index (χ1v) is 6.24. The Kier molecular flexibility index (Phi) is 3.81. The second kappa shape index (κ2) is 5.16. The summed E-state index contributed by atoms with van der Waals surface area (Å²) in [5.74, 6) is 0. The van der Waals surface area contributed by atoms with Crippen LogP contribution in [0.15, 0.2) is 12.4 Å². The van der Waals surface area contributed by atoms with E-state index < -0.39 is 0 Å². The van der Waals surface area contributed by atoms with E-state index in [0.717, 1.165) is 26.2 Å². The Morgan fingerprint density at radius 2 is 2.24 bits per heavy atom. The van der Waals surface area contributed by atoms with Crippen molar-refractivity contribution in [2.24, 2.45) is 12.8 Å². The third kappa shape index (κ3) is 2.68. The maximum Gasteiger partial charge on any atom is 0.0537 e. The normalized spacial score (nSPS) is 25.1. The summed E-state index contributed by atoms with van der Waals surface area (Å²) in [7, 11) is 4.12. The van der Waals surface area contributed by atoms with Crippen molar-refractivity contribution in [1.29, 1.82) is 0 Å². The Morgan fingerprint density at radius 3 is 2.82 bits per heavy atom. The van der Waals surface area contributed by atoms with E-state index in [0.29, 0.717) is 12.1 Å². The predicted molar refractivity (Wildman–Crippen MR) is 68.7 cm³/mol. The van der Waals surface area contributed by atoms with Crippen LogP contribution in [0.3, 0.4) is 0 Å². The highest BCUT2D eigenvalue weighted by Crippen LogP contribution is 2.23. The van der Waals surface area contributed by atoms with E-state index in [1.54, 1.807) is 0 Å². The molecule has 1 aromatic rings. The van der Waals surface area contributed by atoms with Crippen LogP contribution >= 0.6 is 0 Å². The van der Waals surface area contributed by atoms with Crippen LogP contribution in [0.1, 0.15) is 18.5 Å². The summed E-state index contributed by atoms with van der Waals surface area (Å²) in [5.41, 5.74) is 7.16. The molecule has 1 saturated heterocycles. The summed E-state index contributed by atoms with van der Waals surface area (Å²) < 4.78 is 1.86. The Morgan fingerprint density at radius 1 is 1.47 bits per heavy atom. The standard InChI is InChI=1S/C12H23N5/c1-10(11-7-14-16(3)8-11)17-5-4-15(2)9-12(17)6-13/h7-8,10,12H,4-6,9,13H2,1-3H3. The molecular formula is C12H23N5. The van der Waals surface area contributed by atoms with Crippen LogP contribution in [0.5, 0.6) is 0 Å². The minimum Gasteiger partial charge on any atom is -0.329 e. The summed E-state index contributed by atoms with van der Waals surface area (Å²) in [6.45, 7) is 6.20. The molecule has 2 rings (SSSR count). The number of aromatic nitrogens is 2. The molecule has 1 aliphatic heterocycles. The van der Waals surface area contributed by atoms with Gasteiger partial charge in [-0.1, -0.05) is 0 Å². The molecular weight excluding hydrogens is 214 g/mol. The van der Waals surface area contributed by atoms with Crippen LogP contribution in [0, 0.1) is 0 Å². The predicted octanol–water partition coefficient (Wildman–Crippen LogP) is 0.0558. The van der Waals surface area contributed by atoms with E-state index in [2.05, 4.69) is 35.1 Å². The average Bonchev–Trinajstić information content (AvgIpc) is 2.75. The number of nitrogens with zero attached hydrogens (tertiary/aromatic N) is 4. The topological polar surface area (TPSA) is 50.3 Å². The Bertz CT molecular complexity index is 362. The molecule has 0 amide bonds. The molecule has 5 nitrogen and oxygen atoms in total. The number of likely N-dealkylation sites (N-methyl/N-ethyl adjacent to an activating group) is 1. The van der Waals surface area contributed by atoms with Gasteiger partial charge in [0.05, 0.1) is 6.20 Å². The van der Waals surface area contributed by atoms with Crippen LogP contribution in [-0.2, 0) is 7.05 Å². The van der Waals surface area contributed by atoms with Crippen molar-refractivity contribution >= 4 is 0 Å². The zero-order valence-corrected chi connectivity index (χ0v) is 11.0. The molecule has 17 heavy (non-hydrogen) atoms. The molecule has 2 N–H and O–H groups in total. The minimum atomic E-state index is 0.394. The van der Waals surface area contributed by atoms with Crippen molar-refractivity contribution in [1.82, 2.24) is 19.6 Å². The SMILES string of the molecule is CC(c1cnn(C)c1)N1CCN(C)CC1CN. The summed E-state index contributed by atoms with van der Waals surface area (Å²) in [6.07, 6.45) is 4.05. The van der Waals surface area contributed by atoms with Crippen LogP contribution in [0.2, 0.25) is 0 Å². The lowest BCUT2D eigenvalue weighted by Gasteiger charge is -2.42. The summed E-state index contributed by atoms with van der Waals surface area (Å²) in [5, 5.41) is 4.25. The largest absolute Gasteiger partial charge is 0.329 e. The fourth-order valence-corrected chi connectivity index (χ4v) is 2.59. The van der Waals surface area contributed by atoms with Gasteiger partial charge in [0, 0.05) is 57.1 Å². The lowest BCUT2D eigenvalue weighted by molar-refractivity contribution is 0.0621. The summed E-state index contributed by atoms with van der Waals surface area (Å²) >= 11 is 0. The third-order valence-electron chi connectivity index (χ3n) is 3.71. The highest BCUT2D eigenvalue weighted by molar-refractivity contribution is 5.10. The van der Waals surface area contributed by atoms with Gasteiger partial charge in [0.1, 0.15) is 0 Å². The number of rotatable bonds is 3. The van der Waals surface area contributed by atoms with Crippen molar-refractivity contribution in [2.45, 2.75) is 19.0 Å². The fourth-order valence-electron chi connectivity index (χ4n) is 2.59. The van der Waals surface area contributed by atoms with Gasteiger partial charge in [0.25, 0.3) is 0 Å². The van der Waals surface area contributed by atoms with Gasteiger partial charge in [-0.2, -0.15) is 5.10 Å².